The zero-order chi connectivity index (χ0) is 14.4. The minimum Gasteiger partial charge on any atom is -0.444 e. The van der Waals surface area contributed by atoms with Gasteiger partial charge in [-0.1, -0.05) is 42.5 Å². The Hall–Kier alpha value is -2.33. The largest absolute Gasteiger partial charge is 0.444 e. The quantitative estimate of drug-likeness (QED) is 0.894. The number of amides is 1. The third-order valence-corrected chi connectivity index (χ3v) is 2.87. The molecule has 4 heteroatoms. The van der Waals surface area contributed by atoms with Crippen molar-refractivity contribution in [1.29, 1.82) is 0 Å². The topological polar surface area (TPSA) is 64.3 Å². The van der Waals surface area contributed by atoms with Crippen LogP contribution in [0.4, 0.5) is 10.5 Å². The molecule has 2 rings (SSSR count). The summed E-state index contributed by atoms with van der Waals surface area (Å²) in [5, 5.41) is 2.69. The Morgan fingerprint density at radius 1 is 1.20 bits per heavy atom. The molecular weight excluding hydrogens is 252 g/mol. The van der Waals surface area contributed by atoms with Gasteiger partial charge in [-0.2, -0.15) is 0 Å². The van der Waals surface area contributed by atoms with Gasteiger partial charge in [-0.3, -0.25) is 5.32 Å². The molecule has 0 aromatic heterocycles. The predicted molar refractivity (Wildman–Crippen MR) is 79.3 cm³/mol. The third kappa shape index (κ3) is 4.10. The van der Waals surface area contributed by atoms with Crippen LogP contribution in [0.25, 0.3) is 0 Å². The average Bonchev–Trinajstić information content (AvgIpc) is 2.46. The van der Waals surface area contributed by atoms with Gasteiger partial charge in [0.2, 0.25) is 0 Å². The number of nitrogens with one attached hydrogen (secondary N) is 1. The molecule has 0 aliphatic rings. The van der Waals surface area contributed by atoms with Crippen molar-refractivity contribution in [2.45, 2.75) is 19.6 Å². The van der Waals surface area contributed by atoms with Crippen molar-refractivity contribution in [3.63, 3.8) is 0 Å². The molecule has 0 heterocycles. The molecule has 0 aliphatic heterocycles. The van der Waals surface area contributed by atoms with Crippen LogP contribution < -0.4 is 11.1 Å². The molecule has 0 fully saturated rings. The van der Waals surface area contributed by atoms with E-state index in [2.05, 4.69) is 5.32 Å². The van der Waals surface area contributed by atoms with Gasteiger partial charge < -0.3 is 10.5 Å². The maximum atomic E-state index is 11.7. The van der Waals surface area contributed by atoms with E-state index in [0.29, 0.717) is 5.69 Å². The SMILES string of the molecule is CC(N)c1cccc(NC(=O)OCc2ccccc2)c1. The Balaban J connectivity index is 1.90. The van der Waals surface area contributed by atoms with Crippen LogP contribution in [0.2, 0.25) is 0 Å². The van der Waals surface area contributed by atoms with Crippen LogP contribution in [0.15, 0.2) is 54.6 Å². The Morgan fingerprint density at radius 3 is 2.65 bits per heavy atom. The third-order valence-electron chi connectivity index (χ3n) is 2.87. The normalized spacial score (nSPS) is 11.7. The predicted octanol–water partition coefficient (Wildman–Crippen LogP) is 3.46. The molecule has 2 aromatic rings. The lowest BCUT2D eigenvalue weighted by atomic mass is 10.1. The Labute approximate surface area is 118 Å². The lowest BCUT2D eigenvalue weighted by molar-refractivity contribution is 0.155. The lowest BCUT2D eigenvalue weighted by Gasteiger charge is -2.10. The molecule has 0 aliphatic carbocycles. The van der Waals surface area contributed by atoms with E-state index in [4.69, 9.17) is 10.5 Å². The first kappa shape index (κ1) is 14.1. The van der Waals surface area contributed by atoms with Gasteiger partial charge in [-0.25, -0.2) is 4.79 Å². The average molecular weight is 270 g/mol. The fourth-order valence-corrected chi connectivity index (χ4v) is 1.78. The highest BCUT2D eigenvalue weighted by atomic mass is 16.5. The van der Waals surface area contributed by atoms with E-state index in [-0.39, 0.29) is 12.6 Å². The molecule has 3 N–H and O–H groups in total. The van der Waals surface area contributed by atoms with E-state index in [1.165, 1.54) is 0 Å². The minimum atomic E-state index is -0.476. The second-order valence-corrected chi connectivity index (χ2v) is 4.60. The van der Waals surface area contributed by atoms with Crippen molar-refractivity contribution in [3.8, 4) is 0 Å². The summed E-state index contributed by atoms with van der Waals surface area (Å²) in [6, 6.07) is 16.9. The first-order chi connectivity index (χ1) is 9.65. The summed E-state index contributed by atoms with van der Waals surface area (Å²) < 4.78 is 5.15. The van der Waals surface area contributed by atoms with E-state index < -0.39 is 6.09 Å². The van der Waals surface area contributed by atoms with Crippen molar-refractivity contribution in [1.82, 2.24) is 0 Å². The number of ether oxygens (including phenoxy) is 1. The molecule has 4 nitrogen and oxygen atoms in total. The van der Waals surface area contributed by atoms with E-state index in [1.54, 1.807) is 6.07 Å². The number of nitrogens with two attached hydrogens (primary N) is 1. The zero-order valence-electron chi connectivity index (χ0n) is 11.4. The van der Waals surface area contributed by atoms with Crippen molar-refractivity contribution in [3.05, 3.63) is 65.7 Å². The van der Waals surface area contributed by atoms with Gasteiger partial charge in [0.1, 0.15) is 6.61 Å². The second kappa shape index (κ2) is 6.73. The molecule has 1 atom stereocenters. The van der Waals surface area contributed by atoms with Gasteiger partial charge >= 0.3 is 6.09 Å². The molecule has 0 saturated heterocycles. The van der Waals surface area contributed by atoms with Crippen LogP contribution in [0.3, 0.4) is 0 Å². The molecule has 0 spiro atoms. The van der Waals surface area contributed by atoms with Gasteiger partial charge in [0, 0.05) is 11.7 Å². The van der Waals surface area contributed by atoms with Crippen LogP contribution >= 0.6 is 0 Å². The molecule has 0 radical (unpaired) electrons. The van der Waals surface area contributed by atoms with E-state index in [9.17, 15) is 4.79 Å². The smallest absolute Gasteiger partial charge is 0.411 e. The maximum absolute atomic E-state index is 11.7. The van der Waals surface area contributed by atoms with Crippen molar-refractivity contribution < 1.29 is 9.53 Å². The van der Waals surface area contributed by atoms with Gasteiger partial charge in [-0.05, 0) is 30.2 Å². The first-order valence-electron chi connectivity index (χ1n) is 6.48. The monoisotopic (exact) mass is 270 g/mol. The van der Waals surface area contributed by atoms with Crippen LogP contribution in [0.1, 0.15) is 24.1 Å². The molecule has 1 unspecified atom stereocenters. The molecule has 104 valence electrons. The van der Waals surface area contributed by atoms with E-state index in [0.717, 1.165) is 11.1 Å². The summed E-state index contributed by atoms with van der Waals surface area (Å²) in [5.74, 6) is 0. The summed E-state index contributed by atoms with van der Waals surface area (Å²) in [7, 11) is 0. The van der Waals surface area contributed by atoms with Crippen LogP contribution in [-0.4, -0.2) is 6.09 Å². The van der Waals surface area contributed by atoms with Crippen molar-refractivity contribution >= 4 is 11.8 Å². The molecular formula is C16H18N2O2. The number of hydrogen-bond donors (Lipinski definition) is 2. The number of anilines is 1. The van der Waals surface area contributed by atoms with Crippen molar-refractivity contribution in [2.75, 3.05) is 5.32 Å². The molecule has 2 aromatic carbocycles. The summed E-state index contributed by atoms with van der Waals surface area (Å²) in [6.45, 7) is 2.15. The molecule has 0 bridgehead atoms. The van der Waals surface area contributed by atoms with Gasteiger partial charge in [0.15, 0.2) is 0 Å². The molecule has 1 amide bonds. The summed E-state index contributed by atoms with van der Waals surface area (Å²) in [5.41, 5.74) is 8.40. The van der Waals surface area contributed by atoms with Crippen LogP contribution in [0, 0.1) is 0 Å². The highest BCUT2D eigenvalue weighted by Crippen LogP contribution is 2.15. The Kier molecular flexibility index (Phi) is 4.74. The zero-order valence-corrected chi connectivity index (χ0v) is 11.4. The van der Waals surface area contributed by atoms with E-state index in [1.807, 2.05) is 55.5 Å². The van der Waals surface area contributed by atoms with Gasteiger partial charge in [0.25, 0.3) is 0 Å². The second-order valence-electron chi connectivity index (χ2n) is 4.60. The standard InChI is InChI=1S/C16H18N2O2/c1-12(17)14-8-5-9-15(10-14)18-16(19)20-11-13-6-3-2-4-7-13/h2-10,12H,11,17H2,1H3,(H,18,19). The molecule has 20 heavy (non-hydrogen) atoms. The van der Waals surface area contributed by atoms with E-state index >= 15 is 0 Å². The summed E-state index contributed by atoms with van der Waals surface area (Å²) in [4.78, 5) is 11.7. The number of carbonyl (C=O) groups is 1. The van der Waals surface area contributed by atoms with Crippen LogP contribution in [0.5, 0.6) is 0 Å². The van der Waals surface area contributed by atoms with Crippen LogP contribution in [-0.2, 0) is 11.3 Å². The number of rotatable bonds is 4. The molecule has 0 saturated carbocycles. The lowest BCUT2D eigenvalue weighted by Crippen LogP contribution is -2.14. The Morgan fingerprint density at radius 2 is 1.95 bits per heavy atom. The van der Waals surface area contributed by atoms with Gasteiger partial charge in [0.05, 0.1) is 0 Å². The number of carbonyl (C=O) groups excluding carboxylic acids is 1. The number of hydrogen-bond acceptors (Lipinski definition) is 3. The summed E-state index contributed by atoms with van der Waals surface area (Å²) >= 11 is 0. The van der Waals surface area contributed by atoms with Gasteiger partial charge in [-0.15, -0.1) is 0 Å². The highest BCUT2D eigenvalue weighted by molar-refractivity contribution is 5.84. The number of benzene rings is 2. The fraction of sp³-hybridized carbons (Fsp3) is 0.188. The highest BCUT2D eigenvalue weighted by Gasteiger charge is 2.05. The minimum absolute atomic E-state index is 0.0721. The summed E-state index contributed by atoms with van der Waals surface area (Å²) in [6.07, 6.45) is -0.476. The maximum Gasteiger partial charge on any atom is 0.411 e. The fourth-order valence-electron chi connectivity index (χ4n) is 1.78. The first-order valence-corrected chi connectivity index (χ1v) is 6.48. The van der Waals surface area contributed by atoms with Crippen molar-refractivity contribution in [2.24, 2.45) is 5.73 Å². The Bertz CT molecular complexity index is 568.